The zero-order valence-electron chi connectivity index (χ0n) is 30.2. The molecule has 0 heterocycles. The number of sulfonamides is 1. The smallest absolute Gasteiger partial charge is 0.251 e. The van der Waals surface area contributed by atoms with Gasteiger partial charge in [0.2, 0.25) is 21.8 Å². The van der Waals surface area contributed by atoms with E-state index >= 15 is 0 Å². The Morgan fingerprint density at radius 3 is 1.96 bits per heavy atom. The van der Waals surface area contributed by atoms with E-state index in [1.54, 1.807) is 13.8 Å². The molecule has 0 saturated carbocycles. The Kier molecular flexibility index (Phi) is 15.4. The molecule has 4 amide bonds. The number of benzene rings is 3. The monoisotopic (exact) mass is 731 g/mol. The summed E-state index contributed by atoms with van der Waals surface area (Å²) in [6.45, 7) is 7.73. The van der Waals surface area contributed by atoms with E-state index < -0.39 is 51.9 Å². The third-order valence-corrected chi connectivity index (χ3v) is 9.13. The molecule has 13 nitrogen and oxygen atoms in total. The van der Waals surface area contributed by atoms with E-state index in [4.69, 9.17) is 12.3 Å². The zero-order valence-corrected chi connectivity index (χ0v) is 31.0. The molecule has 0 fully saturated rings. The lowest BCUT2D eigenvalue weighted by molar-refractivity contribution is -0.131. The van der Waals surface area contributed by atoms with Crippen molar-refractivity contribution in [2.75, 3.05) is 23.8 Å². The van der Waals surface area contributed by atoms with Crippen molar-refractivity contribution in [3.63, 3.8) is 0 Å². The van der Waals surface area contributed by atoms with Gasteiger partial charge in [0.15, 0.2) is 0 Å². The molecule has 3 aromatic carbocycles. The number of hydrogen-bond donors (Lipinski definition) is 6. The zero-order chi connectivity index (χ0) is 38.4. The molecule has 278 valence electrons. The van der Waals surface area contributed by atoms with Gasteiger partial charge >= 0.3 is 0 Å². The maximum atomic E-state index is 13.9. The van der Waals surface area contributed by atoms with Crippen molar-refractivity contribution in [2.24, 2.45) is 11.8 Å². The van der Waals surface area contributed by atoms with Crippen molar-refractivity contribution >= 4 is 39.3 Å². The van der Waals surface area contributed by atoms with E-state index in [1.165, 1.54) is 18.2 Å². The fraction of sp³-hybridized carbons (Fsp3) is 0.368. The highest BCUT2D eigenvalue weighted by atomic mass is 32.2. The summed E-state index contributed by atoms with van der Waals surface area (Å²) < 4.78 is 25.3. The maximum absolute atomic E-state index is 13.9. The first-order valence-electron chi connectivity index (χ1n) is 17.0. The lowest BCUT2D eigenvalue weighted by Crippen LogP contribution is -2.56. The fourth-order valence-electron chi connectivity index (χ4n) is 5.37. The second kappa shape index (κ2) is 19.4. The summed E-state index contributed by atoms with van der Waals surface area (Å²) >= 11 is 0. The highest BCUT2D eigenvalue weighted by Gasteiger charge is 2.28. The molecule has 7 N–H and O–H groups in total. The topological polar surface area (TPSA) is 192 Å². The van der Waals surface area contributed by atoms with Crippen LogP contribution in [-0.2, 0) is 26.0 Å². The predicted octanol–water partition coefficient (Wildman–Crippen LogP) is 2.42. The molecule has 0 radical (unpaired) electrons. The number of carbonyl (C=O) groups is 4. The third kappa shape index (κ3) is 12.2. The van der Waals surface area contributed by atoms with Gasteiger partial charge < -0.3 is 26.6 Å². The second-order valence-corrected chi connectivity index (χ2v) is 14.6. The molecule has 4 atom stereocenters. The minimum atomic E-state index is -3.97. The summed E-state index contributed by atoms with van der Waals surface area (Å²) in [7, 11) is -3.97. The highest BCUT2D eigenvalue weighted by Crippen LogP contribution is 2.21. The number of hydrazine groups is 1. The average molecular weight is 732 g/mol. The molecule has 3 aromatic rings. The van der Waals surface area contributed by atoms with Crippen molar-refractivity contribution in [1.82, 2.24) is 26.6 Å². The van der Waals surface area contributed by atoms with Crippen LogP contribution in [0.4, 0.5) is 5.69 Å². The molecule has 3 rings (SSSR count). The number of likely N-dealkylation sites (N-methyl/N-ethyl adjacent to an activating group) is 1. The quantitative estimate of drug-likeness (QED) is 0.0653. The van der Waals surface area contributed by atoms with Crippen LogP contribution in [0.2, 0.25) is 0 Å². The first-order valence-corrected chi connectivity index (χ1v) is 18.8. The normalized spacial score (nSPS) is 13.5. The van der Waals surface area contributed by atoms with Crippen molar-refractivity contribution < 1.29 is 27.6 Å². The summed E-state index contributed by atoms with van der Waals surface area (Å²) in [5.41, 5.74) is 1.63. The van der Waals surface area contributed by atoms with Crippen LogP contribution in [0, 0.1) is 18.3 Å². The summed E-state index contributed by atoms with van der Waals surface area (Å²) in [6, 6.07) is 19.9. The summed E-state index contributed by atoms with van der Waals surface area (Å²) in [5.74, 6) is 6.29. The molecule has 52 heavy (non-hydrogen) atoms. The number of nitrogens with zero attached hydrogens (tertiary/aromatic N) is 1. The Morgan fingerprint density at radius 1 is 0.846 bits per heavy atom. The van der Waals surface area contributed by atoms with Crippen LogP contribution in [0.3, 0.4) is 0 Å². The van der Waals surface area contributed by atoms with Gasteiger partial charge in [0.25, 0.3) is 11.8 Å². The second-order valence-electron chi connectivity index (χ2n) is 12.8. The summed E-state index contributed by atoms with van der Waals surface area (Å²) in [5, 5.41) is 14.5. The van der Waals surface area contributed by atoms with E-state index in [0.717, 1.165) is 17.4 Å². The van der Waals surface area contributed by atoms with Crippen LogP contribution in [0.5, 0.6) is 0 Å². The van der Waals surface area contributed by atoms with Gasteiger partial charge in [-0.25, -0.2) is 18.7 Å². The lowest BCUT2D eigenvalue weighted by atomic mass is 10.0. The van der Waals surface area contributed by atoms with Crippen molar-refractivity contribution in [2.45, 2.75) is 64.7 Å². The highest BCUT2D eigenvalue weighted by molar-refractivity contribution is 7.92. The van der Waals surface area contributed by atoms with Gasteiger partial charge in [0.1, 0.15) is 6.04 Å². The molecular formula is C38H49N7O6S. The number of rotatable bonds is 18. The van der Waals surface area contributed by atoms with Crippen molar-refractivity contribution in [3.8, 4) is 12.3 Å². The van der Waals surface area contributed by atoms with Crippen LogP contribution in [0.15, 0.2) is 78.9 Å². The molecule has 0 saturated heterocycles. The number of hydrogen-bond acceptors (Lipinski definition) is 8. The number of nitrogens with one attached hydrogen (secondary N) is 5. The Hall–Kier alpha value is -5.23. The summed E-state index contributed by atoms with van der Waals surface area (Å²) in [6.07, 6.45) is 6.87. The fourth-order valence-corrected chi connectivity index (χ4v) is 5.86. The van der Waals surface area contributed by atoms with Gasteiger partial charge in [0, 0.05) is 36.7 Å². The number of terminal acetylenes is 1. The Morgan fingerprint density at radius 2 is 1.42 bits per heavy atom. The molecule has 0 unspecified atom stereocenters. The largest absolute Gasteiger partial charge is 0.355 e. The number of amides is 4. The van der Waals surface area contributed by atoms with Crippen molar-refractivity contribution in [3.05, 3.63) is 101 Å². The predicted molar refractivity (Wildman–Crippen MR) is 202 cm³/mol. The SMILES string of the molecule is C#CC[C@H](NC[C@H](Cc1ccccc1)NC(=O)c1cc(C(=O)N[C@H](C)c2ccccc2)cc(N(N)S(C)(=O)=O)c1)C(=O)N[C@H](C(=O)NCC)C(C)C. The number of carbonyl (C=O) groups excluding carboxylic acids is 4. The standard InChI is InChI=1S/C38H49N7O6S/c1-7-15-33(37(48)44-34(25(3)4)38(49)40-8-2)41-24-31(20-27-16-11-9-12-17-27)43-36(47)30-21-29(22-32(23-30)45(39)52(6,50)51)35(46)42-26(5)28-18-13-10-14-19-28/h1,9-14,16-19,21-23,25-26,31,33-34,41H,8,15,20,24,39H2,2-6H3,(H,40,49)(H,42,46)(H,43,47)(H,44,48)/t26-,31+,33+,34+/m1/s1. The Balaban J connectivity index is 1.91. The van der Waals surface area contributed by atoms with Crippen LogP contribution >= 0.6 is 0 Å². The van der Waals surface area contributed by atoms with E-state index in [2.05, 4.69) is 32.5 Å². The van der Waals surface area contributed by atoms with Gasteiger partial charge in [0.05, 0.1) is 24.0 Å². The molecule has 0 bridgehead atoms. The van der Waals surface area contributed by atoms with Gasteiger partial charge in [-0.2, -0.15) is 0 Å². The summed E-state index contributed by atoms with van der Waals surface area (Å²) in [4.78, 5) is 53.4. The van der Waals surface area contributed by atoms with Crippen LogP contribution in [-0.4, -0.2) is 69.5 Å². The molecule has 14 heteroatoms. The minimum absolute atomic E-state index is 0.0117. The third-order valence-electron chi connectivity index (χ3n) is 8.21. The average Bonchev–Trinajstić information content (AvgIpc) is 3.11. The van der Waals surface area contributed by atoms with Crippen LogP contribution in [0.1, 0.15) is 72.0 Å². The van der Waals surface area contributed by atoms with Gasteiger partial charge in [-0.1, -0.05) is 74.5 Å². The Bertz CT molecular complexity index is 1830. The molecule has 0 aromatic heterocycles. The molecule has 0 spiro atoms. The molecule has 0 aliphatic carbocycles. The lowest BCUT2D eigenvalue weighted by Gasteiger charge is -2.26. The number of anilines is 1. The first kappa shape index (κ1) is 41.2. The Labute approximate surface area is 306 Å². The maximum Gasteiger partial charge on any atom is 0.251 e. The first-order chi connectivity index (χ1) is 24.6. The number of nitrogens with two attached hydrogens (primary N) is 1. The minimum Gasteiger partial charge on any atom is -0.355 e. The molecule has 0 aliphatic rings. The van der Waals surface area contributed by atoms with Crippen molar-refractivity contribution in [1.29, 1.82) is 0 Å². The van der Waals surface area contributed by atoms with E-state index in [1.807, 2.05) is 74.5 Å². The molecule has 0 aliphatic heterocycles. The van der Waals surface area contributed by atoms with E-state index in [-0.39, 0.29) is 41.6 Å². The van der Waals surface area contributed by atoms with Crippen LogP contribution < -0.4 is 36.8 Å². The van der Waals surface area contributed by atoms with Gasteiger partial charge in [-0.05, 0) is 55.5 Å². The van der Waals surface area contributed by atoms with E-state index in [0.29, 0.717) is 17.4 Å². The molecular weight excluding hydrogens is 683 g/mol. The van der Waals surface area contributed by atoms with E-state index in [9.17, 15) is 27.6 Å². The van der Waals surface area contributed by atoms with Gasteiger partial charge in [-0.15, -0.1) is 12.3 Å². The van der Waals surface area contributed by atoms with Gasteiger partial charge in [-0.3, -0.25) is 19.2 Å². The van der Waals surface area contributed by atoms with Crippen LogP contribution in [0.25, 0.3) is 0 Å².